The molecule has 0 saturated carbocycles. The molecule has 0 unspecified atom stereocenters. The van der Waals surface area contributed by atoms with Crippen LogP contribution < -0.4 is 5.32 Å². The molecule has 0 amide bonds. The average molecular weight is 261 g/mol. The van der Waals surface area contributed by atoms with Gasteiger partial charge in [0.2, 0.25) is 0 Å². The first-order chi connectivity index (χ1) is 9.00. The van der Waals surface area contributed by atoms with E-state index < -0.39 is 5.97 Å². The second-order valence-corrected chi connectivity index (χ2v) is 5.66. The Hall–Kier alpha value is -1.35. The average Bonchev–Trinajstić information content (AvgIpc) is 2.40. The van der Waals surface area contributed by atoms with Crippen molar-refractivity contribution in [3.05, 3.63) is 33.9 Å². The lowest BCUT2D eigenvalue weighted by atomic mass is 9.85. The SMILES string of the molecule is Cc1c(CC2CCNCC2)cc(C(=O)O)c(C)c1C. The number of benzene rings is 1. The van der Waals surface area contributed by atoms with Crippen molar-refractivity contribution in [2.45, 2.75) is 40.0 Å². The molecule has 0 aromatic heterocycles. The maximum Gasteiger partial charge on any atom is 0.335 e. The smallest absolute Gasteiger partial charge is 0.335 e. The molecule has 3 heteroatoms. The second kappa shape index (κ2) is 5.74. The molecule has 1 saturated heterocycles. The first kappa shape index (κ1) is 14.1. The molecule has 1 aromatic carbocycles. The molecule has 1 heterocycles. The molecular formula is C16H23NO2. The van der Waals surface area contributed by atoms with E-state index in [9.17, 15) is 9.90 Å². The highest BCUT2D eigenvalue weighted by atomic mass is 16.4. The number of carboxylic acids is 1. The van der Waals surface area contributed by atoms with Crippen molar-refractivity contribution < 1.29 is 9.90 Å². The summed E-state index contributed by atoms with van der Waals surface area (Å²) in [5.74, 6) is -0.129. The van der Waals surface area contributed by atoms with E-state index >= 15 is 0 Å². The predicted molar refractivity (Wildman–Crippen MR) is 76.9 cm³/mol. The van der Waals surface area contributed by atoms with E-state index in [2.05, 4.69) is 12.2 Å². The molecule has 1 aliphatic rings. The maximum atomic E-state index is 11.3. The molecule has 0 aliphatic carbocycles. The van der Waals surface area contributed by atoms with Gasteiger partial charge in [-0.15, -0.1) is 0 Å². The second-order valence-electron chi connectivity index (χ2n) is 5.66. The van der Waals surface area contributed by atoms with Gasteiger partial charge in [-0.2, -0.15) is 0 Å². The van der Waals surface area contributed by atoms with Crippen LogP contribution in [0.25, 0.3) is 0 Å². The highest BCUT2D eigenvalue weighted by molar-refractivity contribution is 5.90. The van der Waals surface area contributed by atoms with Gasteiger partial charge in [-0.05, 0) is 87.4 Å². The van der Waals surface area contributed by atoms with E-state index in [1.54, 1.807) is 0 Å². The Kier molecular flexibility index (Phi) is 4.25. The normalized spacial score (nSPS) is 16.6. The van der Waals surface area contributed by atoms with Crippen molar-refractivity contribution in [3.8, 4) is 0 Å². The molecule has 1 aliphatic heterocycles. The zero-order chi connectivity index (χ0) is 14.0. The van der Waals surface area contributed by atoms with Crippen LogP contribution in [0.4, 0.5) is 0 Å². The van der Waals surface area contributed by atoms with Crippen LogP contribution in [0.2, 0.25) is 0 Å². The summed E-state index contributed by atoms with van der Waals surface area (Å²) in [6.07, 6.45) is 3.39. The Morgan fingerprint density at radius 2 is 1.84 bits per heavy atom. The van der Waals surface area contributed by atoms with E-state index in [-0.39, 0.29) is 0 Å². The van der Waals surface area contributed by atoms with Gasteiger partial charge in [0.1, 0.15) is 0 Å². The Morgan fingerprint density at radius 3 is 2.42 bits per heavy atom. The minimum atomic E-state index is -0.813. The van der Waals surface area contributed by atoms with Crippen molar-refractivity contribution >= 4 is 5.97 Å². The summed E-state index contributed by atoms with van der Waals surface area (Å²) in [6, 6.07) is 1.89. The van der Waals surface area contributed by atoms with E-state index in [4.69, 9.17) is 0 Å². The van der Waals surface area contributed by atoms with E-state index in [0.29, 0.717) is 11.5 Å². The predicted octanol–water partition coefficient (Wildman–Crippen LogP) is 2.85. The molecule has 0 radical (unpaired) electrons. The van der Waals surface area contributed by atoms with Crippen molar-refractivity contribution in [1.29, 1.82) is 0 Å². The van der Waals surface area contributed by atoms with Gasteiger partial charge in [-0.1, -0.05) is 0 Å². The Labute approximate surface area is 115 Å². The minimum absolute atomic E-state index is 0.465. The van der Waals surface area contributed by atoms with E-state index in [1.165, 1.54) is 24.0 Å². The third-order valence-electron chi connectivity index (χ3n) is 4.53. The quantitative estimate of drug-likeness (QED) is 0.879. The standard InChI is InChI=1S/C16H23NO2/c1-10-11(2)14(8-13-4-6-17-7-5-13)9-15(12(10)3)16(18)19/h9,13,17H,4-8H2,1-3H3,(H,18,19). The first-order valence-corrected chi connectivity index (χ1v) is 7.04. The van der Waals surface area contributed by atoms with Crippen LogP contribution in [0.3, 0.4) is 0 Å². The van der Waals surface area contributed by atoms with Gasteiger partial charge in [-0.3, -0.25) is 0 Å². The molecule has 0 spiro atoms. The minimum Gasteiger partial charge on any atom is -0.478 e. The summed E-state index contributed by atoms with van der Waals surface area (Å²) >= 11 is 0. The Balaban J connectivity index is 2.31. The Morgan fingerprint density at radius 1 is 1.21 bits per heavy atom. The zero-order valence-electron chi connectivity index (χ0n) is 12.0. The number of rotatable bonds is 3. The number of carboxylic acid groups (broad SMARTS) is 1. The fraction of sp³-hybridized carbons (Fsp3) is 0.562. The van der Waals surface area contributed by atoms with Crippen LogP contribution in [0.5, 0.6) is 0 Å². The van der Waals surface area contributed by atoms with Crippen molar-refractivity contribution in [1.82, 2.24) is 5.32 Å². The molecule has 1 aromatic rings. The molecule has 104 valence electrons. The van der Waals surface area contributed by atoms with Gasteiger partial charge >= 0.3 is 5.97 Å². The summed E-state index contributed by atoms with van der Waals surface area (Å²) in [7, 11) is 0. The maximum absolute atomic E-state index is 11.3. The number of hydrogen-bond donors (Lipinski definition) is 2. The zero-order valence-corrected chi connectivity index (χ0v) is 12.0. The number of aromatic carboxylic acids is 1. The van der Waals surface area contributed by atoms with Crippen molar-refractivity contribution in [3.63, 3.8) is 0 Å². The van der Waals surface area contributed by atoms with Crippen LogP contribution in [-0.4, -0.2) is 24.2 Å². The fourth-order valence-corrected chi connectivity index (χ4v) is 2.95. The third-order valence-corrected chi connectivity index (χ3v) is 4.53. The molecule has 1 fully saturated rings. The van der Waals surface area contributed by atoms with Crippen LogP contribution in [0, 0.1) is 26.7 Å². The fourth-order valence-electron chi connectivity index (χ4n) is 2.95. The number of piperidine rings is 1. The van der Waals surface area contributed by atoms with Crippen LogP contribution in [-0.2, 0) is 6.42 Å². The first-order valence-electron chi connectivity index (χ1n) is 7.04. The summed E-state index contributed by atoms with van der Waals surface area (Å²) in [4.78, 5) is 11.3. The highest BCUT2D eigenvalue weighted by Gasteiger charge is 2.18. The molecule has 0 bridgehead atoms. The van der Waals surface area contributed by atoms with Crippen molar-refractivity contribution in [2.75, 3.05) is 13.1 Å². The largest absolute Gasteiger partial charge is 0.478 e. The van der Waals surface area contributed by atoms with Crippen molar-refractivity contribution in [2.24, 2.45) is 5.92 Å². The third kappa shape index (κ3) is 2.98. The van der Waals surface area contributed by atoms with Gasteiger partial charge < -0.3 is 10.4 Å². The lowest BCUT2D eigenvalue weighted by molar-refractivity contribution is 0.0696. The summed E-state index contributed by atoms with van der Waals surface area (Å²) in [6.45, 7) is 8.22. The molecule has 19 heavy (non-hydrogen) atoms. The van der Waals surface area contributed by atoms with Gasteiger partial charge in [-0.25, -0.2) is 4.79 Å². The molecule has 3 nitrogen and oxygen atoms in total. The van der Waals surface area contributed by atoms with E-state index in [1.807, 2.05) is 19.9 Å². The summed E-state index contributed by atoms with van der Waals surface area (Å²) < 4.78 is 0. The number of hydrogen-bond acceptors (Lipinski definition) is 2. The lowest BCUT2D eigenvalue weighted by Gasteiger charge is -2.24. The molecule has 0 atom stereocenters. The van der Waals surface area contributed by atoms with Gasteiger partial charge in [0.25, 0.3) is 0 Å². The Bertz CT molecular complexity index is 488. The molecule has 2 rings (SSSR count). The van der Waals surface area contributed by atoms with Crippen LogP contribution in [0.1, 0.15) is 45.5 Å². The monoisotopic (exact) mass is 261 g/mol. The number of nitrogens with one attached hydrogen (secondary N) is 1. The number of carbonyl (C=O) groups is 1. The summed E-state index contributed by atoms with van der Waals surface area (Å²) in [5.41, 5.74) is 4.98. The van der Waals surface area contributed by atoms with Gasteiger partial charge in [0.15, 0.2) is 0 Å². The lowest BCUT2D eigenvalue weighted by Crippen LogP contribution is -2.28. The van der Waals surface area contributed by atoms with Gasteiger partial charge in [0, 0.05) is 0 Å². The van der Waals surface area contributed by atoms with Crippen LogP contribution in [0.15, 0.2) is 6.07 Å². The summed E-state index contributed by atoms with van der Waals surface area (Å²) in [5, 5.41) is 12.7. The molecular weight excluding hydrogens is 238 g/mol. The van der Waals surface area contributed by atoms with Gasteiger partial charge in [0.05, 0.1) is 5.56 Å². The molecule has 2 N–H and O–H groups in total. The highest BCUT2D eigenvalue weighted by Crippen LogP contribution is 2.26. The topological polar surface area (TPSA) is 49.3 Å². The van der Waals surface area contributed by atoms with Crippen LogP contribution >= 0.6 is 0 Å². The van der Waals surface area contributed by atoms with E-state index in [0.717, 1.165) is 30.6 Å².